The van der Waals surface area contributed by atoms with Crippen molar-refractivity contribution in [2.75, 3.05) is 10.0 Å². The summed E-state index contributed by atoms with van der Waals surface area (Å²) in [4.78, 5) is 25.7. The van der Waals surface area contributed by atoms with Gasteiger partial charge < -0.3 is 0 Å². The van der Waals surface area contributed by atoms with Crippen LogP contribution in [0.25, 0.3) is 0 Å². The lowest BCUT2D eigenvalue weighted by atomic mass is 9.85. The Bertz CT molecular complexity index is 2520. The zero-order chi connectivity index (χ0) is 40.5. The van der Waals surface area contributed by atoms with E-state index < -0.39 is 44.1 Å². The minimum absolute atomic E-state index is 0.179. The van der Waals surface area contributed by atoms with Gasteiger partial charge >= 0.3 is 0 Å². The highest BCUT2D eigenvalue weighted by molar-refractivity contribution is 7.86. The van der Waals surface area contributed by atoms with Gasteiger partial charge in [0.25, 0.3) is 32.1 Å². The van der Waals surface area contributed by atoms with Crippen molar-refractivity contribution in [2.24, 2.45) is 30.7 Å². The monoisotopic (exact) mass is 804 g/mol. The largest absolute Gasteiger partial charge is 0.294 e. The molecule has 0 spiro atoms. The van der Waals surface area contributed by atoms with E-state index in [1.54, 1.807) is 38.1 Å². The summed E-state index contributed by atoms with van der Waals surface area (Å²) in [7, 11) is -8.78. The molecular weight excluding hydrogens is 773 g/mol. The van der Waals surface area contributed by atoms with Crippen molar-refractivity contribution in [3.8, 4) is 0 Å². The minimum atomic E-state index is -4.39. The molecule has 0 unspecified atom stereocenters. The summed E-state index contributed by atoms with van der Waals surface area (Å²) in [5.74, 6) is -1.11. The number of amides is 2. The fourth-order valence-corrected chi connectivity index (χ4v) is 7.17. The number of hydrogen-bond acceptors (Lipinski definition) is 12. The molecular formula is C39H32N8O8S2. The molecule has 2 aliphatic rings. The van der Waals surface area contributed by atoms with Crippen molar-refractivity contribution < 1.29 is 35.5 Å². The van der Waals surface area contributed by atoms with Crippen LogP contribution in [0.5, 0.6) is 0 Å². The molecule has 0 radical (unpaired) electrons. The standard InChI is InChI=1S/C39H32N8O8S2/c1-24-36(38(48)46(44-24)31-16-20-33(21-17-31)56(50,51)52)42-40-29-12-8-27(9-13-29)35(26-6-4-3-5-7-26)28-10-14-30(15-11-28)41-43-37-25(2)45-47(39(37)49)32-18-22-34(23-19-32)57(53,54)55/h3-23,35-37H,1-2H3,(H,50,51,52)(H,53,54,55)/t35?,36-,37-/m1/s1. The lowest BCUT2D eigenvalue weighted by Crippen LogP contribution is -2.29. The van der Waals surface area contributed by atoms with E-state index in [0.717, 1.165) is 26.7 Å². The number of nitrogens with zero attached hydrogens (tertiary/aromatic N) is 8. The molecule has 0 saturated carbocycles. The van der Waals surface area contributed by atoms with Crippen LogP contribution in [0.3, 0.4) is 0 Å². The van der Waals surface area contributed by atoms with Gasteiger partial charge in [-0.25, -0.2) is 0 Å². The fraction of sp³-hybridized carbons (Fsp3) is 0.128. The molecule has 18 heteroatoms. The lowest BCUT2D eigenvalue weighted by Gasteiger charge is -2.19. The Kier molecular flexibility index (Phi) is 10.5. The average molecular weight is 805 g/mol. The Morgan fingerprint density at radius 3 is 1.23 bits per heavy atom. The molecule has 0 aliphatic carbocycles. The molecule has 0 saturated heterocycles. The molecule has 5 aromatic carbocycles. The van der Waals surface area contributed by atoms with Gasteiger partial charge in [-0.1, -0.05) is 54.6 Å². The average Bonchev–Trinajstić information content (AvgIpc) is 3.65. The van der Waals surface area contributed by atoms with Crippen molar-refractivity contribution in [2.45, 2.75) is 41.6 Å². The second-order valence-electron chi connectivity index (χ2n) is 13.0. The third-order valence-corrected chi connectivity index (χ3v) is 10.8. The van der Waals surface area contributed by atoms with Gasteiger partial charge in [0.15, 0.2) is 12.1 Å². The Morgan fingerprint density at radius 2 is 0.877 bits per heavy atom. The molecule has 7 rings (SSSR count). The molecule has 0 aromatic heterocycles. The molecule has 2 amide bonds. The van der Waals surface area contributed by atoms with Gasteiger partial charge in [-0.3, -0.25) is 18.7 Å². The summed E-state index contributed by atoms with van der Waals surface area (Å²) in [5, 5.41) is 27.9. The van der Waals surface area contributed by atoms with Gasteiger partial charge in [0.05, 0.1) is 44.0 Å². The molecule has 16 nitrogen and oxygen atoms in total. The smallest absolute Gasteiger partial charge is 0.282 e. The molecule has 0 fully saturated rings. The van der Waals surface area contributed by atoms with E-state index in [2.05, 4.69) is 30.7 Å². The van der Waals surface area contributed by atoms with E-state index in [9.17, 15) is 35.5 Å². The van der Waals surface area contributed by atoms with Gasteiger partial charge in [-0.05, 0) is 103 Å². The van der Waals surface area contributed by atoms with Crippen molar-refractivity contribution in [3.05, 3.63) is 144 Å². The second kappa shape index (κ2) is 15.5. The lowest BCUT2D eigenvalue weighted by molar-refractivity contribution is -0.118. The Morgan fingerprint density at radius 1 is 0.526 bits per heavy atom. The van der Waals surface area contributed by atoms with Crippen LogP contribution in [0.2, 0.25) is 0 Å². The Hall–Kier alpha value is -6.60. The van der Waals surface area contributed by atoms with Crippen LogP contribution in [-0.2, 0) is 29.8 Å². The van der Waals surface area contributed by atoms with Gasteiger partial charge in [0, 0.05) is 5.92 Å². The van der Waals surface area contributed by atoms with E-state index in [0.29, 0.717) is 34.2 Å². The summed E-state index contributed by atoms with van der Waals surface area (Å²) in [6, 6.07) is 33.0. The van der Waals surface area contributed by atoms with E-state index in [1.807, 2.05) is 54.6 Å². The van der Waals surface area contributed by atoms with E-state index in [4.69, 9.17) is 0 Å². The number of hydrogen-bond donors (Lipinski definition) is 2. The third-order valence-electron chi connectivity index (χ3n) is 9.11. The molecule has 5 aromatic rings. The Labute approximate surface area is 327 Å². The summed E-state index contributed by atoms with van der Waals surface area (Å²) in [5.41, 5.74) is 5.37. The van der Waals surface area contributed by atoms with Crippen LogP contribution in [0.4, 0.5) is 22.7 Å². The Balaban J connectivity index is 1.05. The first-order valence-electron chi connectivity index (χ1n) is 17.2. The normalized spacial score (nSPS) is 18.1. The van der Waals surface area contributed by atoms with Gasteiger partial charge in [0.2, 0.25) is 0 Å². The highest BCUT2D eigenvalue weighted by atomic mass is 32.2. The van der Waals surface area contributed by atoms with Crippen LogP contribution in [-0.4, -0.2) is 61.3 Å². The molecule has 2 atom stereocenters. The number of carbonyl (C=O) groups is 2. The van der Waals surface area contributed by atoms with E-state index >= 15 is 0 Å². The number of hydrazone groups is 2. The third kappa shape index (κ3) is 8.33. The SMILES string of the molecule is CC1=NN(c2ccc(S(=O)(=O)O)cc2)C(=O)[C@@H]1N=Nc1ccc(C(c2ccccc2)c2ccc(N=N[C@H]3C(=O)N(c4ccc(S(=O)(=O)O)cc4)N=C3C)cc2)cc1. The molecule has 2 heterocycles. The summed E-state index contributed by atoms with van der Waals surface area (Å²) < 4.78 is 64.1. The van der Waals surface area contributed by atoms with Crippen molar-refractivity contribution >= 4 is 66.2 Å². The van der Waals surface area contributed by atoms with Gasteiger partial charge in [-0.15, -0.1) is 0 Å². The molecule has 2 aliphatic heterocycles. The first-order valence-corrected chi connectivity index (χ1v) is 20.1. The minimum Gasteiger partial charge on any atom is -0.282 e. The highest BCUT2D eigenvalue weighted by Crippen LogP contribution is 2.34. The number of benzene rings is 5. The molecule has 2 N–H and O–H groups in total. The first kappa shape index (κ1) is 38.7. The van der Waals surface area contributed by atoms with E-state index in [-0.39, 0.29) is 15.7 Å². The van der Waals surface area contributed by atoms with Crippen molar-refractivity contribution in [1.29, 1.82) is 0 Å². The van der Waals surface area contributed by atoms with Gasteiger partial charge in [0.1, 0.15) is 0 Å². The highest BCUT2D eigenvalue weighted by Gasteiger charge is 2.36. The maximum Gasteiger partial charge on any atom is 0.294 e. The molecule has 288 valence electrons. The van der Waals surface area contributed by atoms with E-state index in [1.165, 1.54) is 48.5 Å². The van der Waals surface area contributed by atoms with Crippen LogP contribution in [0.15, 0.2) is 168 Å². The number of carbonyl (C=O) groups excluding carboxylic acids is 2. The van der Waals surface area contributed by atoms with Crippen LogP contribution in [0, 0.1) is 0 Å². The van der Waals surface area contributed by atoms with Crippen LogP contribution >= 0.6 is 0 Å². The molecule has 0 bridgehead atoms. The summed E-state index contributed by atoms with van der Waals surface area (Å²) in [6.45, 7) is 3.29. The molecule has 57 heavy (non-hydrogen) atoms. The van der Waals surface area contributed by atoms with Crippen LogP contribution in [0.1, 0.15) is 36.5 Å². The van der Waals surface area contributed by atoms with Gasteiger partial charge in [-0.2, -0.15) is 57.5 Å². The second-order valence-corrected chi connectivity index (χ2v) is 15.8. The zero-order valence-corrected chi connectivity index (χ0v) is 31.7. The predicted molar refractivity (Wildman–Crippen MR) is 211 cm³/mol. The fourth-order valence-electron chi connectivity index (χ4n) is 6.21. The quantitative estimate of drug-likeness (QED) is 0.0793. The van der Waals surface area contributed by atoms with Crippen LogP contribution < -0.4 is 10.0 Å². The predicted octanol–water partition coefficient (Wildman–Crippen LogP) is 7.11. The van der Waals surface area contributed by atoms with Crippen molar-refractivity contribution in [1.82, 2.24) is 0 Å². The topological polar surface area (TPSA) is 224 Å². The maximum absolute atomic E-state index is 13.2. The summed E-state index contributed by atoms with van der Waals surface area (Å²) in [6.07, 6.45) is 0. The first-order chi connectivity index (χ1) is 27.2. The number of rotatable bonds is 11. The number of azo groups is 2. The zero-order valence-electron chi connectivity index (χ0n) is 30.1. The summed E-state index contributed by atoms with van der Waals surface area (Å²) >= 11 is 0. The van der Waals surface area contributed by atoms with Crippen molar-refractivity contribution in [3.63, 3.8) is 0 Å². The number of anilines is 2. The maximum atomic E-state index is 13.2.